The third-order valence-electron chi connectivity index (χ3n) is 4.74. The average Bonchev–Trinajstić information content (AvgIpc) is 2.94. The number of hydrogen-bond donors (Lipinski definition) is 1. The highest BCUT2D eigenvalue weighted by molar-refractivity contribution is 6.32. The molecule has 0 aliphatic carbocycles. The molecule has 3 rings (SSSR count). The molecule has 1 N–H and O–H groups in total. The van der Waals surface area contributed by atoms with Gasteiger partial charge in [0.25, 0.3) is 11.8 Å². The van der Waals surface area contributed by atoms with E-state index in [1.807, 2.05) is 0 Å². The second kappa shape index (κ2) is 8.13. The number of imide groups is 1. The number of fused-ring (bicyclic) bond motifs is 1. The molecule has 2 aromatic carbocycles. The maximum Gasteiger partial charge on any atom is 0.262 e. The molecule has 0 spiro atoms. The van der Waals surface area contributed by atoms with Crippen molar-refractivity contribution in [2.24, 2.45) is 5.92 Å². The topological polar surface area (TPSA) is 84.9 Å². The van der Waals surface area contributed by atoms with Crippen LogP contribution < -0.4 is 14.8 Å². The Hall–Kier alpha value is -3.06. The molecule has 2 aromatic rings. The van der Waals surface area contributed by atoms with Crippen molar-refractivity contribution in [3.63, 3.8) is 0 Å². The zero-order valence-electron chi connectivity index (χ0n) is 16.5. The molecular formula is C21H21ClN2O5. The van der Waals surface area contributed by atoms with Crippen molar-refractivity contribution >= 4 is 35.0 Å². The molecule has 0 bridgehead atoms. The van der Waals surface area contributed by atoms with E-state index in [4.69, 9.17) is 21.1 Å². The lowest BCUT2D eigenvalue weighted by Crippen LogP contribution is -2.50. The first-order chi connectivity index (χ1) is 13.8. The molecule has 0 saturated carbocycles. The van der Waals surface area contributed by atoms with E-state index >= 15 is 0 Å². The summed E-state index contributed by atoms with van der Waals surface area (Å²) in [4.78, 5) is 39.8. The van der Waals surface area contributed by atoms with Crippen molar-refractivity contribution in [1.29, 1.82) is 0 Å². The van der Waals surface area contributed by atoms with Crippen LogP contribution in [0.2, 0.25) is 5.02 Å². The third-order valence-corrected chi connectivity index (χ3v) is 5.03. The summed E-state index contributed by atoms with van der Waals surface area (Å²) in [7, 11) is 2.90. The number of amides is 3. The number of carbonyl (C=O) groups excluding carboxylic acids is 3. The minimum absolute atomic E-state index is 0.293. The van der Waals surface area contributed by atoms with Gasteiger partial charge in [-0.1, -0.05) is 37.6 Å². The van der Waals surface area contributed by atoms with Gasteiger partial charge in [-0.2, -0.15) is 0 Å². The van der Waals surface area contributed by atoms with Crippen molar-refractivity contribution in [3.05, 3.63) is 52.5 Å². The van der Waals surface area contributed by atoms with Crippen LogP contribution in [0, 0.1) is 5.92 Å². The van der Waals surface area contributed by atoms with Crippen LogP contribution >= 0.6 is 11.6 Å². The summed E-state index contributed by atoms with van der Waals surface area (Å²) >= 11 is 6.11. The first-order valence-corrected chi connectivity index (χ1v) is 9.37. The van der Waals surface area contributed by atoms with Crippen LogP contribution in [0.25, 0.3) is 0 Å². The minimum atomic E-state index is -1.01. The van der Waals surface area contributed by atoms with Crippen LogP contribution in [-0.2, 0) is 4.79 Å². The molecule has 1 aliphatic rings. The second-order valence-corrected chi connectivity index (χ2v) is 7.30. The Labute approximate surface area is 173 Å². The Kier molecular flexibility index (Phi) is 5.79. The fourth-order valence-corrected chi connectivity index (χ4v) is 3.57. The molecule has 3 amide bonds. The van der Waals surface area contributed by atoms with Crippen LogP contribution in [0.15, 0.2) is 36.4 Å². The summed E-state index contributed by atoms with van der Waals surface area (Å²) in [5.74, 6) is -1.13. The monoisotopic (exact) mass is 416 g/mol. The van der Waals surface area contributed by atoms with Gasteiger partial charge in [0.2, 0.25) is 5.91 Å². The average molecular weight is 417 g/mol. The number of hydrogen-bond acceptors (Lipinski definition) is 5. The molecule has 1 heterocycles. The Morgan fingerprint density at radius 2 is 1.55 bits per heavy atom. The van der Waals surface area contributed by atoms with E-state index in [1.54, 1.807) is 38.1 Å². The number of nitrogens with one attached hydrogen (secondary N) is 1. The van der Waals surface area contributed by atoms with E-state index in [0.717, 1.165) is 4.90 Å². The molecule has 0 aromatic heterocycles. The largest absolute Gasteiger partial charge is 0.495 e. The van der Waals surface area contributed by atoms with E-state index in [-0.39, 0.29) is 5.92 Å². The molecule has 0 radical (unpaired) electrons. The van der Waals surface area contributed by atoms with Crippen LogP contribution in [-0.4, -0.2) is 42.9 Å². The van der Waals surface area contributed by atoms with Crippen molar-refractivity contribution < 1.29 is 23.9 Å². The summed E-state index contributed by atoms with van der Waals surface area (Å²) < 4.78 is 10.5. The van der Waals surface area contributed by atoms with Gasteiger partial charge in [0.05, 0.1) is 36.1 Å². The summed E-state index contributed by atoms with van der Waals surface area (Å²) in [5.41, 5.74) is 0.907. The highest BCUT2D eigenvalue weighted by Gasteiger charge is 2.44. The van der Waals surface area contributed by atoms with E-state index < -0.39 is 23.8 Å². The fourth-order valence-electron chi connectivity index (χ4n) is 3.34. The van der Waals surface area contributed by atoms with Crippen LogP contribution in [0.3, 0.4) is 0 Å². The van der Waals surface area contributed by atoms with Crippen LogP contribution in [0.5, 0.6) is 11.5 Å². The number of halogens is 1. The molecule has 0 saturated heterocycles. The van der Waals surface area contributed by atoms with Crippen LogP contribution in [0.4, 0.5) is 5.69 Å². The first kappa shape index (κ1) is 20.7. The summed E-state index contributed by atoms with van der Waals surface area (Å²) in [6.07, 6.45) is 0. The van der Waals surface area contributed by atoms with Gasteiger partial charge in [0.1, 0.15) is 17.5 Å². The lowest BCUT2D eigenvalue weighted by Gasteiger charge is -2.28. The molecule has 29 heavy (non-hydrogen) atoms. The Balaban J connectivity index is 1.95. The third kappa shape index (κ3) is 3.65. The Morgan fingerprint density at radius 3 is 2.03 bits per heavy atom. The standard InChI is InChI=1S/C21H21ClN2O5/c1-11(2)18(24-20(26)12-7-5-6-8-13(12)21(24)27)19(25)23-15-10-16(28-3)14(22)9-17(15)29-4/h5-11,18H,1-4H3,(H,23,25)/t18-/m1/s1. The van der Waals surface area contributed by atoms with Gasteiger partial charge >= 0.3 is 0 Å². The number of benzene rings is 2. The molecular weight excluding hydrogens is 396 g/mol. The predicted molar refractivity (Wildman–Crippen MR) is 109 cm³/mol. The molecule has 0 fully saturated rings. The second-order valence-electron chi connectivity index (χ2n) is 6.89. The van der Waals surface area contributed by atoms with Gasteiger partial charge < -0.3 is 14.8 Å². The summed E-state index contributed by atoms with van der Waals surface area (Å²) in [6, 6.07) is 8.57. The lowest BCUT2D eigenvalue weighted by atomic mass is 10.0. The van der Waals surface area contributed by atoms with Crippen molar-refractivity contribution in [2.75, 3.05) is 19.5 Å². The van der Waals surface area contributed by atoms with E-state index in [9.17, 15) is 14.4 Å². The van der Waals surface area contributed by atoms with E-state index in [2.05, 4.69) is 5.32 Å². The van der Waals surface area contributed by atoms with Gasteiger partial charge in [-0.05, 0) is 18.1 Å². The molecule has 152 valence electrons. The number of methoxy groups -OCH3 is 2. The number of rotatable bonds is 6. The Morgan fingerprint density at radius 1 is 1.00 bits per heavy atom. The van der Waals surface area contributed by atoms with E-state index in [0.29, 0.717) is 33.3 Å². The minimum Gasteiger partial charge on any atom is -0.495 e. The molecule has 0 unspecified atom stereocenters. The summed E-state index contributed by atoms with van der Waals surface area (Å²) in [6.45, 7) is 3.54. The number of nitrogens with zero attached hydrogens (tertiary/aromatic N) is 1. The number of ether oxygens (including phenoxy) is 2. The van der Waals surface area contributed by atoms with Gasteiger partial charge in [0.15, 0.2) is 0 Å². The number of carbonyl (C=O) groups is 3. The maximum absolute atomic E-state index is 13.1. The van der Waals surface area contributed by atoms with Gasteiger partial charge in [0, 0.05) is 12.1 Å². The number of anilines is 1. The zero-order valence-corrected chi connectivity index (χ0v) is 17.2. The molecule has 1 atom stereocenters. The lowest BCUT2D eigenvalue weighted by molar-refractivity contribution is -0.121. The van der Waals surface area contributed by atoms with Gasteiger partial charge in [-0.25, -0.2) is 0 Å². The SMILES string of the molecule is COc1cc(NC(=O)[C@@H](C(C)C)N2C(=O)c3ccccc3C2=O)c(OC)cc1Cl. The van der Waals surface area contributed by atoms with Gasteiger partial charge in [-0.15, -0.1) is 0 Å². The highest BCUT2D eigenvalue weighted by Crippen LogP contribution is 2.36. The molecule has 8 heteroatoms. The normalized spacial score (nSPS) is 14.1. The quantitative estimate of drug-likeness (QED) is 0.727. The zero-order chi connectivity index (χ0) is 21.3. The smallest absolute Gasteiger partial charge is 0.262 e. The van der Waals surface area contributed by atoms with Gasteiger partial charge in [-0.3, -0.25) is 19.3 Å². The predicted octanol–water partition coefficient (Wildman–Crippen LogP) is 3.62. The summed E-state index contributed by atoms with van der Waals surface area (Å²) in [5, 5.41) is 3.06. The van der Waals surface area contributed by atoms with E-state index in [1.165, 1.54) is 26.4 Å². The van der Waals surface area contributed by atoms with Crippen molar-refractivity contribution in [2.45, 2.75) is 19.9 Å². The molecule has 1 aliphatic heterocycles. The van der Waals surface area contributed by atoms with Crippen molar-refractivity contribution in [1.82, 2.24) is 4.90 Å². The maximum atomic E-state index is 13.1. The fraction of sp³-hybridized carbons (Fsp3) is 0.286. The highest BCUT2D eigenvalue weighted by atomic mass is 35.5. The van der Waals surface area contributed by atoms with Crippen LogP contribution in [0.1, 0.15) is 34.6 Å². The first-order valence-electron chi connectivity index (χ1n) is 8.99. The molecule has 7 nitrogen and oxygen atoms in total. The Bertz CT molecular complexity index is 954. The van der Waals surface area contributed by atoms with Crippen molar-refractivity contribution in [3.8, 4) is 11.5 Å².